The lowest BCUT2D eigenvalue weighted by molar-refractivity contribution is -0.149. The molecule has 1 aromatic carbocycles. The van der Waals surface area contributed by atoms with Crippen LogP contribution in [-0.4, -0.2) is 68.2 Å². The summed E-state index contributed by atoms with van der Waals surface area (Å²) in [5, 5.41) is 13.9. The summed E-state index contributed by atoms with van der Waals surface area (Å²) in [7, 11) is -4.17. The minimum Gasteiger partial charge on any atom is -0.476 e. The predicted molar refractivity (Wildman–Crippen MR) is 149 cm³/mol. The van der Waals surface area contributed by atoms with Crippen LogP contribution in [0, 0.1) is 5.41 Å². The van der Waals surface area contributed by atoms with Gasteiger partial charge >= 0.3 is 13.7 Å². The van der Waals surface area contributed by atoms with E-state index in [0.717, 1.165) is 0 Å². The lowest BCUT2D eigenvalue weighted by atomic mass is 9.84. The molecule has 15 heteroatoms. The summed E-state index contributed by atoms with van der Waals surface area (Å²) in [5.74, 6) is -0.140. The van der Waals surface area contributed by atoms with Crippen molar-refractivity contribution >= 4 is 30.8 Å². The molecule has 1 saturated heterocycles. The number of carbonyl (C=O) groups excluding carboxylic acids is 1. The van der Waals surface area contributed by atoms with Gasteiger partial charge in [0.05, 0.1) is 31.7 Å². The number of para-hydroxylation sites is 1. The fourth-order valence-electron chi connectivity index (χ4n) is 4.42. The molecule has 0 amide bonds. The summed E-state index contributed by atoms with van der Waals surface area (Å²) in [6, 6.07) is 7.36. The van der Waals surface area contributed by atoms with Crippen LogP contribution < -0.4 is 20.1 Å². The predicted octanol–water partition coefficient (Wildman–Crippen LogP) is 3.23. The maximum absolute atomic E-state index is 13.9. The highest BCUT2D eigenvalue weighted by molar-refractivity contribution is 7.52. The van der Waals surface area contributed by atoms with Crippen molar-refractivity contribution < 1.29 is 37.7 Å². The number of fused-ring (bicyclic) bond motifs is 1. The smallest absolute Gasteiger partial charge is 0.459 e. The number of hydrogen-bond donors (Lipinski definition) is 3. The standard InChI is InChI=1S/C26H37N6O8P/c1-7-36-22-19-21(29-25(27)30-22)32(14-28-19)24-26(5,6)20(33)18(39-24)13-37-41(35,40-17-11-9-8-10-12-17)31-16(4)23(34)38-15(2)3/h8-12,14-16,18,20,24,33H,7,13H2,1-6H3,(H,31,35)(H2,27,29,30)/t16-,18+,20+,24+,41?/m0/s1. The number of benzene rings is 1. The first-order chi connectivity index (χ1) is 19.3. The van der Waals surface area contributed by atoms with Crippen LogP contribution in [0.2, 0.25) is 0 Å². The number of nitrogen functional groups attached to an aromatic ring is 1. The fraction of sp³-hybridized carbons (Fsp3) is 0.538. The van der Waals surface area contributed by atoms with E-state index < -0.39 is 43.6 Å². The lowest BCUT2D eigenvalue weighted by Gasteiger charge is -2.29. The second-order valence-electron chi connectivity index (χ2n) is 10.5. The number of imidazole rings is 1. The topological polar surface area (TPSA) is 182 Å². The number of carbonyl (C=O) groups is 1. The number of rotatable bonds is 12. The number of ether oxygens (including phenoxy) is 3. The normalized spacial score (nSPS) is 22.4. The molecule has 1 unspecified atom stereocenters. The van der Waals surface area contributed by atoms with Gasteiger partial charge in [-0.15, -0.1) is 0 Å². The average Bonchev–Trinajstić information content (AvgIpc) is 3.41. The maximum Gasteiger partial charge on any atom is 0.459 e. The van der Waals surface area contributed by atoms with Crippen molar-refractivity contribution in [3.05, 3.63) is 36.7 Å². The number of esters is 1. The molecule has 0 saturated carbocycles. The zero-order valence-corrected chi connectivity index (χ0v) is 24.8. The molecule has 0 radical (unpaired) electrons. The SMILES string of the molecule is CCOc1nc(N)nc2c1ncn2[C@@H]1O[C@H](COP(=O)(N[C@@H](C)C(=O)OC(C)C)Oc2ccccc2)[C@@H](O)C1(C)C. The molecule has 1 aliphatic rings. The van der Waals surface area contributed by atoms with E-state index in [9.17, 15) is 14.5 Å². The molecule has 5 atom stereocenters. The minimum atomic E-state index is -4.17. The summed E-state index contributed by atoms with van der Waals surface area (Å²) in [6.45, 7) is 10.4. The van der Waals surface area contributed by atoms with E-state index in [1.165, 1.54) is 13.3 Å². The Kier molecular flexibility index (Phi) is 9.19. The largest absolute Gasteiger partial charge is 0.476 e. The van der Waals surface area contributed by atoms with E-state index in [2.05, 4.69) is 20.0 Å². The average molecular weight is 593 g/mol. The molecular weight excluding hydrogens is 555 g/mol. The summed E-state index contributed by atoms with van der Waals surface area (Å²) < 4.78 is 44.0. The lowest BCUT2D eigenvalue weighted by Crippen LogP contribution is -2.38. The highest BCUT2D eigenvalue weighted by Gasteiger charge is 2.52. The Hall–Kier alpha value is -3.29. The van der Waals surface area contributed by atoms with Crippen molar-refractivity contribution in [2.24, 2.45) is 5.41 Å². The number of nitrogens with one attached hydrogen (secondary N) is 1. The van der Waals surface area contributed by atoms with Crippen molar-refractivity contribution in [3.63, 3.8) is 0 Å². The van der Waals surface area contributed by atoms with Gasteiger partial charge in [-0.25, -0.2) is 9.55 Å². The van der Waals surface area contributed by atoms with Crippen LogP contribution in [-0.2, 0) is 23.4 Å². The summed E-state index contributed by atoms with van der Waals surface area (Å²) in [6.07, 6.45) is -1.62. The van der Waals surface area contributed by atoms with Gasteiger partial charge < -0.3 is 29.6 Å². The second kappa shape index (κ2) is 12.3. The van der Waals surface area contributed by atoms with Crippen molar-refractivity contribution in [1.29, 1.82) is 0 Å². The van der Waals surface area contributed by atoms with Gasteiger partial charge in [-0.05, 0) is 39.8 Å². The van der Waals surface area contributed by atoms with Crippen LogP contribution in [0.25, 0.3) is 11.2 Å². The van der Waals surface area contributed by atoms with Crippen LogP contribution in [0.5, 0.6) is 11.6 Å². The third-order valence-corrected chi connectivity index (χ3v) is 8.07. The molecule has 0 aliphatic carbocycles. The number of hydrogen-bond acceptors (Lipinski definition) is 12. The Bertz CT molecular complexity index is 1400. The van der Waals surface area contributed by atoms with Gasteiger partial charge in [0.1, 0.15) is 24.1 Å². The summed E-state index contributed by atoms with van der Waals surface area (Å²) >= 11 is 0. The minimum absolute atomic E-state index is 0.00544. The number of aliphatic hydroxyl groups is 1. The monoisotopic (exact) mass is 592 g/mol. The Balaban J connectivity index is 1.56. The number of nitrogens with zero attached hydrogens (tertiary/aromatic N) is 4. The third-order valence-electron chi connectivity index (χ3n) is 6.43. The first-order valence-corrected chi connectivity index (χ1v) is 14.8. The molecule has 4 rings (SSSR count). The van der Waals surface area contributed by atoms with E-state index in [1.54, 1.807) is 48.7 Å². The molecule has 41 heavy (non-hydrogen) atoms. The molecule has 3 aromatic rings. The van der Waals surface area contributed by atoms with E-state index >= 15 is 0 Å². The van der Waals surface area contributed by atoms with Gasteiger partial charge in [0.15, 0.2) is 11.2 Å². The summed E-state index contributed by atoms with van der Waals surface area (Å²) in [4.78, 5) is 25.2. The number of aromatic nitrogens is 4. The Morgan fingerprint density at radius 3 is 2.61 bits per heavy atom. The highest BCUT2D eigenvalue weighted by Crippen LogP contribution is 2.49. The highest BCUT2D eigenvalue weighted by atomic mass is 31.2. The Morgan fingerprint density at radius 1 is 1.24 bits per heavy atom. The van der Waals surface area contributed by atoms with Crippen molar-refractivity contribution in [2.75, 3.05) is 18.9 Å². The maximum atomic E-state index is 13.9. The van der Waals surface area contributed by atoms with Gasteiger partial charge in [-0.3, -0.25) is 13.9 Å². The molecule has 2 aromatic heterocycles. The van der Waals surface area contributed by atoms with E-state index in [4.69, 9.17) is 29.0 Å². The van der Waals surface area contributed by atoms with Gasteiger partial charge in [-0.1, -0.05) is 32.0 Å². The Labute approximate surface area is 238 Å². The molecule has 224 valence electrons. The molecule has 1 aliphatic heterocycles. The molecule has 0 bridgehead atoms. The summed E-state index contributed by atoms with van der Waals surface area (Å²) in [5.41, 5.74) is 5.79. The van der Waals surface area contributed by atoms with Crippen molar-refractivity contribution in [3.8, 4) is 11.6 Å². The number of anilines is 1. The van der Waals surface area contributed by atoms with Crippen LogP contribution in [0.3, 0.4) is 0 Å². The van der Waals surface area contributed by atoms with Crippen LogP contribution in [0.1, 0.15) is 47.8 Å². The molecule has 4 N–H and O–H groups in total. The Morgan fingerprint density at radius 2 is 1.95 bits per heavy atom. The van der Waals surface area contributed by atoms with Gasteiger partial charge in [0.25, 0.3) is 0 Å². The van der Waals surface area contributed by atoms with E-state index in [-0.39, 0.29) is 30.3 Å². The molecule has 0 spiro atoms. The van der Waals surface area contributed by atoms with Gasteiger partial charge in [0.2, 0.25) is 11.8 Å². The van der Waals surface area contributed by atoms with Crippen molar-refractivity contribution in [2.45, 2.75) is 72.1 Å². The zero-order chi connectivity index (χ0) is 29.9. The number of aliphatic hydroxyl groups excluding tert-OH is 1. The molecular formula is C26H37N6O8P. The molecule has 14 nitrogen and oxygen atoms in total. The van der Waals surface area contributed by atoms with Crippen LogP contribution in [0.4, 0.5) is 5.95 Å². The second-order valence-corrected chi connectivity index (χ2v) is 12.2. The van der Waals surface area contributed by atoms with Crippen LogP contribution in [0.15, 0.2) is 36.7 Å². The van der Waals surface area contributed by atoms with Crippen LogP contribution >= 0.6 is 7.75 Å². The molecule has 1 fully saturated rings. The first-order valence-electron chi connectivity index (χ1n) is 13.3. The van der Waals surface area contributed by atoms with Gasteiger partial charge in [0, 0.05) is 5.41 Å². The van der Waals surface area contributed by atoms with Crippen molar-refractivity contribution in [1.82, 2.24) is 24.6 Å². The quantitative estimate of drug-likeness (QED) is 0.206. The van der Waals surface area contributed by atoms with E-state index in [0.29, 0.717) is 17.8 Å². The first kappa shape index (κ1) is 30.7. The fourth-order valence-corrected chi connectivity index (χ4v) is 5.92. The van der Waals surface area contributed by atoms with Gasteiger partial charge in [-0.2, -0.15) is 15.1 Å². The number of nitrogens with two attached hydrogens (primary N) is 1. The zero-order valence-electron chi connectivity index (χ0n) is 23.9. The van der Waals surface area contributed by atoms with E-state index in [1.807, 2.05) is 20.8 Å². The molecule has 3 heterocycles. The third kappa shape index (κ3) is 6.79.